The van der Waals surface area contributed by atoms with Gasteiger partial charge in [-0.1, -0.05) is 29.8 Å². The van der Waals surface area contributed by atoms with Crippen molar-refractivity contribution in [1.82, 2.24) is 4.90 Å². The Balaban J connectivity index is 0.00000200. The summed E-state index contributed by atoms with van der Waals surface area (Å²) >= 11 is 6.09. The maximum Gasteiger partial charge on any atom is 0.251 e. The van der Waals surface area contributed by atoms with Crippen LogP contribution in [0, 0.1) is 0 Å². The van der Waals surface area contributed by atoms with Crippen LogP contribution >= 0.6 is 24.0 Å². The lowest BCUT2D eigenvalue weighted by atomic mass is 10.1. The summed E-state index contributed by atoms with van der Waals surface area (Å²) < 4.78 is 5.61. The van der Waals surface area contributed by atoms with Crippen LogP contribution in [0.2, 0.25) is 5.02 Å². The molecule has 1 fully saturated rings. The third-order valence-corrected chi connectivity index (χ3v) is 3.76. The van der Waals surface area contributed by atoms with Crippen LogP contribution in [0.3, 0.4) is 0 Å². The molecule has 0 aromatic heterocycles. The van der Waals surface area contributed by atoms with Crippen molar-refractivity contribution in [3.8, 4) is 0 Å². The Kier molecular flexibility index (Phi) is 6.76. The SMILES string of the molecule is CN(Cc1ccccc1Cl)C(=O)[C@@H]1CC[C@H](CN)O1.Cl. The zero-order valence-corrected chi connectivity index (χ0v) is 13.0. The van der Waals surface area contributed by atoms with Gasteiger partial charge in [0.2, 0.25) is 0 Å². The molecule has 1 amide bonds. The number of amides is 1. The largest absolute Gasteiger partial charge is 0.364 e. The first-order chi connectivity index (χ1) is 9.11. The second-order valence-corrected chi connectivity index (χ2v) is 5.25. The van der Waals surface area contributed by atoms with Gasteiger partial charge in [0, 0.05) is 25.2 Å². The highest BCUT2D eigenvalue weighted by Crippen LogP contribution is 2.22. The number of rotatable bonds is 4. The van der Waals surface area contributed by atoms with Crippen molar-refractivity contribution in [3.63, 3.8) is 0 Å². The van der Waals surface area contributed by atoms with Crippen molar-refractivity contribution >= 4 is 29.9 Å². The molecular weight excluding hydrogens is 299 g/mol. The van der Waals surface area contributed by atoms with Crippen molar-refractivity contribution in [2.45, 2.75) is 31.6 Å². The van der Waals surface area contributed by atoms with Crippen molar-refractivity contribution in [1.29, 1.82) is 0 Å². The van der Waals surface area contributed by atoms with Crippen molar-refractivity contribution in [3.05, 3.63) is 34.9 Å². The molecule has 2 atom stereocenters. The molecule has 20 heavy (non-hydrogen) atoms. The molecule has 2 rings (SSSR count). The fourth-order valence-electron chi connectivity index (χ4n) is 2.27. The predicted molar refractivity (Wildman–Crippen MR) is 82.1 cm³/mol. The molecule has 1 aliphatic heterocycles. The van der Waals surface area contributed by atoms with Crippen LogP contribution in [0.25, 0.3) is 0 Å². The van der Waals surface area contributed by atoms with Crippen LogP contribution < -0.4 is 5.73 Å². The number of carbonyl (C=O) groups is 1. The highest BCUT2D eigenvalue weighted by atomic mass is 35.5. The Labute approximate surface area is 130 Å². The topological polar surface area (TPSA) is 55.6 Å². The third-order valence-electron chi connectivity index (χ3n) is 3.39. The highest BCUT2D eigenvalue weighted by Gasteiger charge is 2.31. The summed E-state index contributed by atoms with van der Waals surface area (Å²) in [5.74, 6) is -0.00382. The van der Waals surface area contributed by atoms with Gasteiger partial charge in [-0.15, -0.1) is 12.4 Å². The van der Waals surface area contributed by atoms with E-state index in [1.165, 1.54) is 0 Å². The average molecular weight is 319 g/mol. The first kappa shape index (κ1) is 17.2. The second-order valence-electron chi connectivity index (χ2n) is 4.85. The zero-order valence-electron chi connectivity index (χ0n) is 11.4. The molecule has 0 spiro atoms. The van der Waals surface area contributed by atoms with Crippen molar-refractivity contribution < 1.29 is 9.53 Å². The van der Waals surface area contributed by atoms with Crippen LogP contribution in [0.5, 0.6) is 0 Å². The minimum atomic E-state index is -0.360. The van der Waals surface area contributed by atoms with Crippen LogP contribution in [-0.4, -0.2) is 36.6 Å². The Bertz CT molecular complexity index is 457. The van der Waals surface area contributed by atoms with Gasteiger partial charge in [-0.05, 0) is 24.5 Å². The van der Waals surface area contributed by atoms with Gasteiger partial charge >= 0.3 is 0 Å². The van der Waals surface area contributed by atoms with E-state index < -0.39 is 0 Å². The quantitative estimate of drug-likeness (QED) is 0.926. The molecule has 0 aliphatic carbocycles. The predicted octanol–water partition coefficient (Wildman–Crippen LogP) is 2.23. The van der Waals surface area contributed by atoms with E-state index in [0.717, 1.165) is 18.4 Å². The third kappa shape index (κ3) is 4.09. The number of carbonyl (C=O) groups excluding carboxylic acids is 1. The van der Waals surface area contributed by atoms with Crippen LogP contribution in [0.15, 0.2) is 24.3 Å². The van der Waals surface area contributed by atoms with Gasteiger partial charge in [-0.2, -0.15) is 0 Å². The molecule has 0 saturated carbocycles. The summed E-state index contributed by atoms with van der Waals surface area (Å²) in [5, 5.41) is 0.675. The van der Waals surface area contributed by atoms with E-state index in [9.17, 15) is 4.79 Å². The van der Waals surface area contributed by atoms with Crippen molar-refractivity contribution in [2.75, 3.05) is 13.6 Å². The minimum absolute atomic E-state index is 0. The molecule has 0 radical (unpaired) electrons. The molecular formula is C14H20Cl2N2O2. The normalized spacial score (nSPS) is 21.4. The van der Waals surface area contributed by atoms with E-state index in [0.29, 0.717) is 18.1 Å². The van der Waals surface area contributed by atoms with Crippen LogP contribution in [0.1, 0.15) is 18.4 Å². The van der Waals surface area contributed by atoms with Crippen molar-refractivity contribution in [2.24, 2.45) is 5.73 Å². The highest BCUT2D eigenvalue weighted by molar-refractivity contribution is 6.31. The molecule has 2 N–H and O–H groups in total. The number of nitrogens with zero attached hydrogens (tertiary/aromatic N) is 1. The van der Waals surface area contributed by atoms with E-state index >= 15 is 0 Å². The van der Waals surface area contributed by atoms with Gasteiger partial charge in [-0.25, -0.2) is 0 Å². The Hall–Kier alpha value is -0.810. The molecule has 1 aromatic carbocycles. The maximum absolute atomic E-state index is 12.2. The van der Waals surface area contributed by atoms with Gasteiger partial charge in [-0.3, -0.25) is 4.79 Å². The van der Waals surface area contributed by atoms with Gasteiger partial charge in [0.1, 0.15) is 6.10 Å². The number of halogens is 2. The average Bonchev–Trinajstić information content (AvgIpc) is 2.89. The first-order valence-electron chi connectivity index (χ1n) is 6.45. The fourth-order valence-corrected chi connectivity index (χ4v) is 2.46. The lowest BCUT2D eigenvalue weighted by Crippen LogP contribution is -2.36. The number of hydrogen-bond donors (Lipinski definition) is 1. The Morgan fingerprint density at radius 2 is 2.15 bits per heavy atom. The molecule has 0 bridgehead atoms. The van der Waals surface area contributed by atoms with Gasteiger partial charge in [0.25, 0.3) is 5.91 Å². The lowest BCUT2D eigenvalue weighted by molar-refractivity contribution is -0.141. The number of nitrogens with two attached hydrogens (primary N) is 1. The molecule has 4 nitrogen and oxygen atoms in total. The summed E-state index contributed by atoms with van der Waals surface area (Å²) in [6.07, 6.45) is 1.25. The number of benzene rings is 1. The van der Waals surface area contributed by atoms with Crippen LogP contribution in [0.4, 0.5) is 0 Å². The first-order valence-corrected chi connectivity index (χ1v) is 6.83. The fraction of sp³-hybridized carbons (Fsp3) is 0.500. The summed E-state index contributed by atoms with van der Waals surface area (Å²) in [6.45, 7) is 0.962. The van der Waals surface area contributed by atoms with E-state index in [4.69, 9.17) is 22.1 Å². The number of hydrogen-bond acceptors (Lipinski definition) is 3. The minimum Gasteiger partial charge on any atom is -0.364 e. The Morgan fingerprint density at radius 1 is 1.45 bits per heavy atom. The monoisotopic (exact) mass is 318 g/mol. The zero-order chi connectivity index (χ0) is 13.8. The Morgan fingerprint density at radius 3 is 2.75 bits per heavy atom. The lowest BCUT2D eigenvalue weighted by Gasteiger charge is -2.21. The molecule has 0 unspecified atom stereocenters. The van der Waals surface area contributed by atoms with Crippen LogP contribution in [-0.2, 0) is 16.1 Å². The summed E-state index contributed by atoms with van der Waals surface area (Å²) in [7, 11) is 1.77. The van der Waals surface area contributed by atoms with Gasteiger partial charge < -0.3 is 15.4 Å². The summed E-state index contributed by atoms with van der Waals surface area (Å²) in [5.41, 5.74) is 6.49. The molecule has 1 aliphatic rings. The maximum atomic E-state index is 12.2. The summed E-state index contributed by atoms with van der Waals surface area (Å²) in [4.78, 5) is 13.9. The van der Waals surface area contributed by atoms with E-state index in [2.05, 4.69) is 0 Å². The number of likely N-dealkylation sites (N-methyl/N-ethyl adjacent to an activating group) is 1. The smallest absolute Gasteiger partial charge is 0.251 e. The molecule has 1 saturated heterocycles. The van der Waals surface area contributed by atoms with Gasteiger partial charge in [0.05, 0.1) is 6.10 Å². The number of ether oxygens (including phenoxy) is 1. The molecule has 1 heterocycles. The molecule has 1 aromatic rings. The standard InChI is InChI=1S/C14H19ClN2O2.ClH/c1-17(9-10-4-2-3-5-12(10)15)14(18)13-7-6-11(8-16)19-13;/h2-5,11,13H,6-9,16H2,1H3;1H/t11-,13+;/m1./s1. The molecule has 6 heteroatoms. The molecule has 112 valence electrons. The summed E-state index contributed by atoms with van der Waals surface area (Å²) in [6, 6.07) is 7.53. The second kappa shape index (κ2) is 7.84. The van der Waals surface area contributed by atoms with E-state index in [1.807, 2.05) is 24.3 Å². The van der Waals surface area contributed by atoms with Gasteiger partial charge in [0.15, 0.2) is 0 Å². The van der Waals surface area contributed by atoms with E-state index in [-0.39, 0.29) is 30.5 Å². The van der Waals surface area contributed by atoms with E-state index in [1.54, 1.807) is 11.9 Å².